The Kier molecular flexibility index (Phi) is 1.83. The van der Waals surface area contributed by atoms with Crippen LogP contribution in [0.3, 0.4) is 0 Å². The predicted octanol–water partition coefficient (Wildman–Crippen LogP) is 3.11. The fourth-order valence-corrected chi connectivity index (χ4v) is 2.24. The maximum absolute atomic E-state index is 5.86. The number of halogens is 2. The van der Waals surface area contributed by atoms with Crippen molar-refractivity contribution in [2.24, 2.45) is 0 Å². The second kappa shape index (κ2) is 2.69. The van der Waals surface area contributed by atoms with Crippen LogP contribution in [0.25, 0.3) is 10.1 Å². The summed E-state index contributed by atoms with van der Waals surface area (Å²) < 4.78 is 5.79. The zero-order chi connectivity index (χ0) is 7.84. The number of rotatable bonds is 0. The molecule has 0 unspecified atom stereocenters. The van der Waals surface area contributed by atoms with Gasteiger partial charge in [0.2, 0.25) is 0 Å². The van der Waals surface area contributed by atoms with Gasteiger partial charge in [-0.15, -0.1) is 0 Å². The molecule has 0 bridgehead atoms. The minimum atomic E-state index is 0.658. The van der Waals surface area contributed by atoms with Crippen molar-refractivity contribution in [1.29, 1.82) is 0 Å². The highest BCUT2D eigenvalue weighted by Crippen LogP contribution is 2.30. The van der Waals surface area contributed by atoms with E-state index in [0.29, 0.717) is 5.02 Å². The number of hydrogen-bond donors (Lipinski definition) is 0. The average Bonchev–Trinajstić information content (AvgIpc) is 2.45. The van der Waals surface area contributed by atoms with E-state index in [-0.39, 0.29) is 0 Å². The smallest absolute Gasteiger partial charge is 0.116 e. The first-order valence-electron chi connectivity index (χ1n) is 2.83. The molecule has 0 saturated carbocycles. The van der Waals surface area contributed by atoms with E-state index in [4.69, 9.17) is 11.6 Å². The zero-order valence-corrected chi connectivity index (χ0v) is 8.37. The molecule has 0 amide bonds. The number of fused-ring (bicyclic) bond motifs is 1. The van der Waals surface area contributed by atoms with Gasteiger partial charge in [-0.25, -0.2) is 4.98 Å². The van der Waals surface area contributed by atoms with Crippen LogP contribution in [0.5, 0.6) is 0 Å². The van der Waals surface area contributed by atoms with Crippen LogP contribution in [-0.4, -0.2) is 9.36 Å². The van der Waals surface area contributed by atoms with Gasteiger partial charge in [0.25, 0.3) is 0 Å². The van der Waals surface area contributed by atoms with Crippen LogP contribution < -0.4 is 0 Å². The molecule has 0 atom stereocenters. The van der Waals surface area contributed by atoms with E-state index in [2.05, 4.69) is 25.3 Å². The molecule has 0 aliphatic carbocycles. The summed E-state index contributed by atoms with van der Waals surface area (Å²) in [6.45, 7) is 0. The van der Waals surface area contributed by atoms with E-state index in [0.717, 1.165) is 14.7 Å². The Hall–Kier alpha value is -0.190. The summed E-state index contributed by atoms with van der Waals surface area (Å²) in [4.78, 5) is 4.03. The molecule has 2 heterocycles. The first kappa shape index (κ1) is 7.46. The van der Waals surface area contributed by atoms with Gasteiger partial charge in [0.15, 0.2) is 0 Å². The SMILES string of the molecule is Clc1cnc(Br)c2cnsc12. The fraction of sp³-hybridized carbons (Fsp3) is 0. The number of pyridine rings is 1. The number of aromatic nitrogens is 2. The van der Waals surface area contributed by atoms with Crippen LogP contribution in [0.4, 0.5) is 0 Å². The first-order chi connectivity index (χ1) is 5.29. The van der Waals surface area contributed by atoms with Crippen LogP contribution in [0.1, 0.15) is 0 Å². The highest BCUT2D eigenvalue weighted by molar-refractivity contribution is 9.10. The van der Waals surface area contributed by atoms with Crippen LogP contribution in [0.15, 0.2) is 17.0 Å². The summed E-state index contributed by atoms with van der Waals surface area (Å²) >= 11 is 10.5. The van der Waals surface area contributed by atoms with E-state index in [1.807, 2.05) is 0 Å². The molecule has 0 fully saturated rings. The molecule has 0 aliphatic rings. The fourth-order valence-electron chi connectivity index (χ4n) is 0.800. The van der Waals surface area contributed by atoms with Crippen molar-refractivity contribution in [3.63, 3.8) is 0 Å². The Morgan fingerprint density at radius 2 is 2.27 bits per heavy atom. The minimum Gasteiger partial charge on any atom is -0.247 e. The topological polar surface area (TPSA) is 25.8 Å². The lowest BCUT2D eigenvalue weighted by atomic mass is 10.4. The molecule has 2 aromatic heterocycles. The van der Waals surface area contributed by atoms with Gasteiger partial charge in [-0.2, -0.15) is 4.37 Å². The average molecular weight is 250 g/mol. The summed E-state index contributed by atoms with van der Waals surface area (Å²) in [6.07, 6.45) is 3.37. The van der Waals surface area contributed by atoms with E-state index in [1.54, 1.807) is 12.4 Å². The van der Waals surface area contributed by atoms with Crippen molar-refractivity contribution in [2.75, 3.05) is 0 Å². The van der Waals surface area contributed by atoms with Gasteiger partial charge in [0.1, 0.15) is 4.60 Å². The van der Waals surface area contributed by atoms with Gasteiger partial charge in [0, 0.05) is 11.6 Å². The maximum Gasteiger partial charge on any atom is 0.116 e. The maximum atomic E-state index is 5.86. The van der Waals surface area contributed by atoms with Gasteiger partial charge >= 0.3 is 0 Å². The molecule has 5 heteroatoms. The van der Waals surface area contributed by atoms with Crippen molar-refractivity contribution in [2.45, 2.75) is 0 Å². The zero-order valence-electron chi connectivity index (χ0n) is 5.21. The largest absolute Gasteiger partial charge is 0.247 e. The normalized spacial score (nSPS) is 10.7. The molecule has 2 rings (SSSR count). The van der Waals surface area contributed by atoms with E-state index in [1.165, 1.54) is 11.5 Å². The lowest BCUT2D eigenvalue weighted by molar-refractivity contribution is 1.32. The van der Waals surface area contributed by atoms with Gasteiger partial charge in [-0.3, -0.25) is 0 Å². The number of nitrogens with zero attached hydrogens (tertiary/aromatic N) is 2. The summed E-state index contributed by atoms with van der Waals surface area (Å²) in [7, 11) is 0. The molecule has 2 aromatic rings. The molecule has 0 aromatic carbocycles. The van der Waals surface area contributed by atoms with E-state index < -0.39 is 0 Å². The van der Waals surface area contributed by atoms with Crippen molar-refractivity contribution in [1.82, 2.24) is 9.36 Å². The highest BCUT2D eigenvalue weighted by Gasteiger charge is 2.05. The van der Waals surface area contributed by atoms with Crippen LogP contribution in [-0.2, 0) is 0 Å². The quantitative estimate of drug-likeness (QED) is 0.671. The van der Waals surface area contributed by atoms with Gasteiger partial charge in [0.05, 0.1) is 15.9 Å². The first-order valence-corrected chi connectivity index (χ1v) is 4.78. The Morgan fingerprint density at radius 3 is 3.00 bits per heavy atom. The molecule has 0 saturated heterocycles. The summed E-state index contributed by atoms with van der Waals surface area (Å²) in [5.41, 5.74) is 0. The van der Waals surface area contributed by atoms with Gasteiger partial charge < -0.3 is 0 Å². The third-order valence-electron chi connectivity index (χ3n) is 1.30. The molecule has 0 radical (unpaired) electrons. The van der Waals surface area contributed by atoms with Crippen molar-refractivity contribution in [3.05, 3.63) is 22.0 Å². The lowest BCUT2D eigenvalue weighted by Gasteiger charge is -1.92. The van der Waals surface area contributed by atoms with Crippen LogP contribution in [0, 0.1) is 0 Å². The van der Waals surface area contributed by atoms with Crippen molar-refractivity contribution >= 4 is 49.1 Å². The second-order valence-corrected chi connectivity index (χ2v) is 3.93. The second-order valence-electron chi connectivity index (χ2n) is 1.97. The molecule has 0 aliphatic heterocycles. The lowest BCUT2D eigenvalue weighted by Crippen LogP contribution is -1.74. The predicted molar refractivity (Wildman–Crippen MR) is 50.1 cm³/mol. The third-order valence-corrected chi connectivity index (χ3v) is 3.16. The molecular formula is C6H2BrClN2S. The van der Waals surface area contributed by atoms with Crippen LogP contribution >= 0.6 is 39.1 Å². The van der Waals surface area contributed by atoms with E-state index in [9.17, 15) is 0 Å². The Balaban J connectivity index is 2.96. The molecule has 2 nitrogen and oxygen atoms in total. The minimum absolute atomic E-state index is 0.658. The molecule has 0 spiro atoms. The molecule has 0 N–H and O–H groups in total. The van der Waals surface area contributed by atoms with Crippen molar-refractivity contribution < 1.29 is 0 Å². The van der Waals surface area contributed by atoms with Gasteiger partial charge in [-0.1, -0.05) is 11.6 Å². The molecular weight excluding hydrogens is 248 g/mol. The Morgan fingerprint density at radius 1 is 1.45 bits per heavy atom. The monoisotopic (exact) mass is 248 g/mol. The summed E-state index contributed by atoms with van der Waals surface area (Å²) in [5, 5.41) is 1.63. The molecule has 56 valence electrons. The Labute approximate surface area is 80.5 Å². The highest BCUT2D eigenvalue weighted by atomic mass is 79.9. The standard InChI is InChI=1S/C6H2BrClN2S/c7-6-3-1-10-11-5(3)4(8)2-9-6/h1-2H. The summed E-state index contributed by atoms with van der Waals surface area (Å²) in [5.74, 6) is 0. The van der Waals surface area contributed by atoms with Crippen LogP contribution in [0.2, 0.25) is 5.02 Å². The van der Waals surface area contributed by atoms with Gasteiger partial charge in [-0.05, 0) is 27.5 Å². The van der Waals surface area contributed by atoms with Crippen molar-refractivity contribution in [3.8, 4) is 0 Å². The number of hydrogen-bond acceptors (Lipinski definition) is 3. The third kappa shape index (κ3) is 1.15. The Bertz CT molecular complexity index is 364. The van der Waals surface area contributed by atoms with E-state index >= 15 is 0 Å². The summed E-state index contributed by atoms with van der Waals surface area (Å²) in [6, 6.07) is 0. The molecule has 11 heavy (non-hydrogen) atoms.